The molecular weight excluding hydrogens is 540 g/mol. The average molecular weight is 577 g/mol. The standard InChI is InChI=1S/C31H36N4O7/c1-34(2)20-12-17(14-33-13-15-8-6-5-7-9-15)25(36)22-18(20)10-16-11-19-24(35(3)4)27(38)23(30(32)41)29(40)31(19,42)28(39)21(16)26(22)37/h5-9,12,16,19,21,23-24,33,36,42H,10-11,13-14H2,1-4H3,(H2,32,41)/t16?,19?,21?,23?,24-,31-/m0/s1. The van der Waals surface area contributed by atoms with E-state index in [0.717, 1.165) is 5.56 Å². The molecule has 2 aromatic rings. The number of likely N-dealkylation sites (N-methyl/N-ethyl adjacent to an activating group) is 1. The Morgan fingerprint density at radius 1 is 1.05 bits per heavy atom. The Kier molecular flexibility index (Phi) is 7.55. The van der Waals surface area contributed by atoms with Gasteiger partial charge in [-0.1, -0.05) is 30.3 Å². The van der Waals surface area contributed by atoms with Crippen molar-refractivity contribution in [1.82, 2.24) is 10.2 Å². The Morgan fingerprint density at radius 2 is 1.71 bits per heavy atom. The molecule has 0 saturated heterocycles. The third-order valence-corrected chi connectivity index (χ3v) is 9.09. The number of hydrogen-bond acceptors (Lipinski definition) is 10. The Labute approximate surface area is 243 Å². The summed E-state index contributed by atoms with van der Waals surface area (Å²) in [4.78, 5) is 70.3. The van der Waals surface area contributed by atoms with Crippen molar-refractivity contribution in [2.24, 2.45) is 29.4 Å². The molecule has 1 amide bonds. The van der Waals surface area contributed by atoms with E-state index in [-0.39, 0.29) is 30.7 Å². The van der Waals surface area contributed by atoms with Crippen LogP contribution >= 0.6 is 0 Å². The summed E-state index contributed by atoms with van der Waals surface area (Å²) in [6, 6.07) is 10.4. The number of nitrogens with two attached hydrogens (primary N) is 1. The number of ketones is 4. The molecular formula is C31H36N4O7. The highest BCUT2D eigenvalue weighted by molar-refractivity contribution is 6.32. The number of benzene rings is 2. The topological polar surface area (TPSA) is 170 Å². The molecule has 0 aromatic heterocycles. The quantitative estimate of drug-likeness (QED) is 0.335. The van der Waals surface area contributed by atoms with Crippen molar-refractivity contribution in [2.45, 2.75) is 37.6 Å². The van der Waals surface area contributed by atoms with Crippen LogP contribution in [-0.2, 0) is 38.7 Å². The molecule has 0 heterocycles. The first kappa shape index (κ1) is 29.6. The molecule has 0 spiro atoms. The van der Waals surface area contributed by atoms with Gasteiger partial charge < -0.3 is 26.2 Å². The first-order valence-electron chi connectivity index (χ1n) is 13.9. The van der Waals surface area contributed by atoms with Gasteiger partial charge in [0.25, 0.3) is 0 Å². The van der Waals surface area contributed by atoms with E-state index in [2.05, 4.69) is 5.32 Å². The fourth-order valence-corrected chi connectivity index (χ4v) is 7.18. The lowest BCUT2D eigenvalue weighted by atomic mass is 9.52. The maximum Gasteiger partial charge on any atom is 0.235 e. The number of nitrogens with one attached hydrogen (secondary N) is 1. The summed E-state index contributed by atoms with van der Waals surface area (Å²) < 4.78 is 0. The zero-order valence-corrected chi connectivity index (χ0v) is 24.1. The van der Waals surface area contributed by atoms with Crippen LogP contribution in [0.25, 0.3) is 0 Å². The maximum absolute atomic E-state index is 14.1. The van der Waals surface area contributed by atoms with Crippen LogP contribution in [0.1, 0.15) is 33.5 Å². The number of hydrogen-bond donors (Lipinski definition) is 4. The van der Waals surface area contributed by atoms with Crippen LogP contribution in [0, 0.1) is 23.7 Å². The van der Waals surface area contributed by atoms with Crippen molar-refractivity contribution in [2.75, 3.05) is 33.1 Å². The highest BCUT2D eigenvalue weighted by Gasteiger charge is 2.69. The Bertz CT molecular complexity index is 1490. The number of carbonyl (C=O) groups is 5. The minimum Gasteiger partial charge on any atom is -0.507 e. The van der Waals surface area contributed by atoms with Crippen molar-refractivity contribution >= 4 is 34.7 Å². The molecule has 42 heavy (non-hydrogen) atoms. The van der Waals surface area contributed by atoms with Gasteiger partial charge in [0.2, 0.25) is 5.91 Å². The largest absolute Gasteiger partial charge is 0.507 e. The molecule has 5 rings (SSSR count). The second kappa shape index (κ2) is 10.7. The van der Waals surface area contributed by atoms with Crippen molar-refractivity contribution in [3.8, 4) is 5.75 Å². The average Bonchev–Trinajstić information content (AvgIpc) is 2.92. The number of aromatic hydroxyl groups is 1. The number of aliphatic hydroxyl groups is 1. The van der Waals surface area contributed by atoms with Gasteiger partial charge in [-0.15, -0.1) is 0 Å². The molecule has 11 nitrogen and oxygen atoms in total. The van der Waals surface area contributed by atoms with Crippen LogP contribution < -0.4 is 16.0 Å². The zero-order valence-electron chi connectivity index (χ0n) is 24.1. The summed E-state index contributed by atoms with van der Waals surface area (Å²) in [5.74, 6) is -10.5. The van der Waals surface area contributed by atoms with Crippen LogP contribution in [-0.4, -0.2) is 84.0 Å². The molecule has 0 radical (unpaired) electrons. The van der Waals surface area contributed by atoms with Gasteiger partial charge >= 0.3 is 0 Å². The van der Waals surface area contributed by atoms with Gasteiger partial charge in [-0.05, 0) is 50.0 Å². The molecule has 3 aliphatic carbocycles. The van der Waals surface area contributed by atoms with E-state index >= 15 is 0 Å². The Morgan fingerprint density at radius 3 is 2.31 bits per heavy atom. The minimum absolute atomic E-state index is 0.00990. The first-order valence-corrected chi connectivity index (χ1v) is 13.9. The van der Waals surface area contributed by atoms with Crippen LogP contribution in [0.2, 0.25) is 0 Å². The molecule has 222 valence electrons. The van der Waals surface area contributed by atoms with E-state index in [1.807, 2.05) is 55.4 Å². The number of Topliss-reactive ketones (excluding diaryl/α,β-unsaturated/α-hetero) is 4. The molecule has 2 aromatic carbocycles. The van der Waals surface area contributed by atoms with Gasteiger partial charge in [0.1, 0.15) is 5.75 Å². The van der Waals surface area contributed by atoms with E-state index < -0.39 is 64.4 Å². The highest BCUT2D eigenvalue weighted by Crippen LogP contribution is 2.52. The van der Waals surface area contributed by atoms with Crippen molar-refractivity contribution in [3.63, 3.8) is 0 Å². The summed E-state index contributed by atoms with van der Waals surface area (Å²) >= 11 is 0. The summed E-state index contributed by atoms with van der Waals surface area (Å²) in [6.45, 7) is 0.761. The van der Waals surface area contributed by atoms with Gasteiger partial charge in [-0.25, -0.2) is 0 Å². The van der Waals surface area contributed by atoms with Crippen molar-refractivity contribution in [3.05, 3.63) is 58.7 Å². The third kappa shape index (κ3) is 4.43. The Hall–Kier alpha value is -3.93. The number of phenols is 1. The monoisotopic (exact) mass is 576 g/mol. The first-order chi connectivity index (χ1) is 19.8. The van der Waals surface area contributed by atoms with Crippen molar-refractivity contribution in [1.29, 1.82) is 0 Å². The normalized spacial score (nSPS) is 28.8. The highest BCUT2D eigenvalue weighted by atomic mass is 16.3. The summed E-state index contributed by atoms with van der Waals surface area (Å²) in [5.41, 5.74) is 5.40. The number of carbonyl (C=O) groups excluding carboxylic acids is 5. The fourth-order valence-electron chi connectivity index (χ4n) is 7.18. The number of anilines is 1. The molecule has 6 atom stereocenters. The molecule has 2 fully saturated rings. The number of amides is 1. The smallest absolute Gasteiger partial charge is 0.235 e. The number of phenolic OH excluding ortho intramolecular Hbond substituents is 1. The summed E-state index contributed by atoms with van der Waals surface area (Å²) in [6.07, 6.45) is 0.225. The molecule has 3 aliphatic rings. The lowest BCUT2D eigenvalue weighted by Gasteiger charge is -2.52. The maximum atomic E-state index is 14.1. The van der Waals surface area contributed by atoms with E-state index in [4.69, 9.17) is 5.73 Å². The molecule has 2 saturated carbocycles. The second-order valence-electron chi connectivity index (χ2n) is 12.0. The molecule has 4 unspecified atom stereocenters. The second-order valence-corrected chi connectivity index (χ2v) is 12.0. The van der Waals surface area contributed by atoms with Crippen LogP contribution in [0.3, 0.4) is 0 Å². The molecule has 0 aliphatic heterocycles. The number of rotatable bonds is 7. The van der Waals surface area contributed by atoms with Gasteiger partial charge in [0.15, 0.2) is 34.7 Å². The molecule has 5 N–H and O–H groups in total. The lowest BCUT2D eigenvalue weighted by Crippen LogP contribution is -2.74. The van der Waals surface area contributed by atoms with Gasteiger partial charge in [-0.2, -0.15) is 0 Å². The Balaban J connectivity index is 1.56. The third-order valence-electron chi connectivity index (χ3n) is 9.09. The van der Waals surface area contributed by atoms with Crippen LogP contribution in [0.4, 0.5) is 5.69 Å². The molecule has 0 bridgehead atoms. The molecule has 11 heteroatoms. The fraction of sp³-hybridized carbons (Fsp3) is 0.452. The summed E-state index contributed by atoms with van der Waals surface area (Å²) in [5, 5.41) is 26.4. The van der Waals surface area contributed by atoms with E-state index in [1.165, 1.54) is 4.90 Å². The number of fused-ring (bicyclic) bond motifs is 3. The SMILES string of the molecule is CN(C)c1cc(CNCc2ccccc2)c(O)c2c1CC1CC3[C@H](N(C)C)C(=O)C(C(N)=O)C(=O)[C@@]3(O)C(=O)C1C2=O. The van der Waals surface area contributed by atoms with E-state index in [1.54, 1.807) is 14.1 Å². The summed E-state index contributed by atoms with van der Waals surface area (Å²) in [7, 11) is 6.76. The predicted octanol–water partition coefficient (Wildman–Crippen LogP) is 0.223. The minimum atomic E-state index is -2.74. The number of nitrogens with zero attached hydrogens (tertiary/aromatic N) is 2. The lowest BCUT2D eigenvalue weighted by molar-refractivity contribution is -0.181. The zero-order chi connectivity index (χ0) is 30.7. The van der Waals surface area contributed by atoms with Gasteiger partial charge in [0, 0.05) is 44.4 Å². The van der Waals surface area contributed by atoms with E-state index in [0.29, 0.717) is 23.4 Å². The van der Waals surface area contributed by atoms with Gasteiger partial charge in [-0.3, -0.25) is 28.9 Å². The number of primary amides is 1. The van der Waals surface area contributed by atoms with Gasteiger partial charge in [0.05, 0.1) is 17.5 Å². The van der Waals surface area contributed by atoms with Crippen LogP contribution in [0.15, 0.2) is 36.4 Å². The van der Waals surface area contributed by atoms with E-state index in [9.17, 15) is 34.2 Å². The predicted molar refractivity (Wildman–Crippen MR) is 153 cm³/mol. The van der Waals surface area contributed by atoms with Crippen molar-refractivity contribution < 1.29 is 34.2 Å². The van der Waals surface area contributed by atoms with Crippen LogP contribution in [0.5, 0.6) is 5.75 Å².